The molecule has 1 aliphatic carbocycles. The summed E-state index contributed by atoms with van der Waals surface area (Å²) in [5.74, 6) is -1.20. The predicted octanol–water partition coefficient (Wildman–Crippen LogP) is 2.35. The number of aromatic nitrogens is 1. The summed E-state index contributed by atoms with van der Waals surface area (Å²) in [4.78, 5) is 26.0. The first-order chi connectivity index (χ1) is 12.5. The van der Waals surface area contributed by atoms with Crippen molar-refractivity contribution in [2.45, 2.75) is 31.7 Å². The molecule has 3 N–H and O–H groups in total. The van der Waals surface area contributed by atoms with E-state index >= 15 is 0 Å². The number of carboxylic acids is 1. The van der Waals surface area contributed by atoms with Gasteiger partial charge in [0, 0.05) is 24.5 Å². The Balaban J connectivity index is 1.83. The molecule has 1 aromatic carbocycles. The van der Waals surface area contributed by atoms with Gasteiger partial charge in [0.1, 0.15) is 11.4 Å². The Morgan fingerprint density at radius 1 is 1.19 bits per heavy atom. The number of carbonyl (C=O) groups is 1. The van der Waals surface area contributed by atoms with Gasteiger partial charge >= 0.3 is 5.97 Å². The summed E-state index contributed by atoms with van der Waals surface area (Å²) in [6.45, 7) is 2.10. The maximum Gasteiger partial charge on any atom is 0.341 e. The number of carboxylic acid groups (broad SMARTS) is 1. The van der Waals surface area contributed by atoms with Gasteiger partial charge in [0.25, 0.3) is 5.56 Å². The van der Waals surface area contributed by atoms with E-state index in [2.05, 4.69) is 0 Å². The SMILES string of the molecule is NCC1CCN(c2cc3c(cc2F)cc(C(=O)O)c(=O)n3C2CC2)CC1. The van der Waals surface area contributed by atoms with E-state index in [-0.39, 0.29) is 17.4 Å². The van der Waals surface area contributed by atoms with Gasteiger partial charge in [-0.05, 0) is 56.3 Å². The Kier molecular flexibility index (Phi) is 4.19. The van der Waals surface area contributed by atoms with Gasteiger partial charge in [0.2, 0.25) is 0 Å². The van der Waals surface area contributed by atoms with Crippen LogP contribution in [0.15, 0.2) is 23.0 Å². The zero-order valence-corrected chi connectivity index (χ0v) is 14.4. The third-order valence-corrected chi connectivity index (χ3v) is 5.54. The van der Waals surface area contributed by atoms with Crippen molar-refractivity contribution in [2.24, 2.45) is 11.7 Å². The molecule has 6 nitrogen and oxygen atoms in total. The zero-order chi connectivity index (χ0) is 18.4. The molecular weight excluding hydrogens is 337 g/mol. The highest BCUT2D eigenvalue weighted by Gasteiger charge is 2.29. The van der Waals surface area contributed by atoms with Crippen molar-refractivity contribution >= 4 is 22.6 Å². The third-order valence-electron chi connectivity index (χ3n) is 5.54. The number of hydrogen-bond donors (Lipinski definition) is 2. The normalized spacial score (nSPS) is 18.5. The average Bonchev–Trinajstić information content (AvgIpc) is 3.46. The van der Waals surface area contributed by atoms with Crippen LogP contribution in [0, 0.1) is 11.7 Å². The zero-order valence-electron chi connectivity index (χ0n) is 14.4. The number of nitrogens with two attached hydrogens (primary N) is 1. The van der Waals surface area contributed by atoms with E-state index in [0.29, 0.717) is 29.1 Å². The van der Waals surface area contributed by atoms with E-state index in [4.69, 9.17) is 5.73 Å². The van der Waals surface area contributed by atoms with E-state index < -0.39 is 11.5 Å². The molecule has 2 aliphatic rings. The summed E-state index contributed by atoms with van der Waals surface area (Å²) in [6, 6.07) is 4.35. The molecule has 0 spiro atoms. The van der Waals surface area contributed by atoms with Crippen LogP contribution in [0.3, 0.4) is 0 Å². The minimum atomic E-state index is -1.28. The Bertz CT molecular complexity index is 928. The predicted molar refractivity (Wildman–Crippen MR) is 97.4 cm³/mol. The second kappa shape index (κ2) is 6.39. The molecule has 2 fully saturated rings. The molecule has 0 radical (unpaired) electrons. The van der Waals surface area contributed by atoms with Crippen LogP contribution in [0.2, 0.25) is 0 Å². The van der Waals surface area contributed by atoms with Gasteiger partial charge in [0.05, 0.1) is 11.2 Å². The van der Waals surface area contributed by atoms with Crippen molar-refractivity contribution in [3.63, 3.8) is 0 Å². The molecule has 4 rings (SSSR count). The molecule has 0 bridgehead atoms. The van der Waals surface area contributed by atoms with Crippen molar-refractivity contribution < 1.29 is 14.3 Å². The maximum absolute atomic E-state index is 14.8. The molecule has 1 saturated heterocycles. The smallest absolute Gasteiger partial charge is 0.341 e. The number of piperidine rings is 1. The molecule has 2 aromatic rings. The molecule has 1 aliphatic heterocycles. The van der Waals surface area contributed by atoms with E-state index in [9.17, 15) is 19.1 Å². The minimum Gasteiger partial charge on any atom is -0.477 e. The molecule has 0 atom stereocenters. The van der Waals surface area contributed by atoms with Gasteiger partial charge < -0.3 is 20.3 Å². The topological polar surface area (TPSA) is 88.6 Å². The molecule has 0 amide bonds. The standard InChI is InChI=1S/C19H22FN3O3/c20-15-8-12-7-14(19(25)26)18(24)23(13-1-2-13)16(12)9-17(15)22-5-3-11(10-21)4-6-22/h7-9,11,13H,1-6,10,21H2,(H,25,26). The van der Waals surface area contributed by atoms with Gasteiger partial charge in [-0.15, -0.1) is 0 Å². The maximum atomic E-state index is 14.8. The molecular formula is C19H22FN3O3. The van der Waals surface area contributed by atoms with Crippen LogP contribution in [-0.4, -0.2) is 35.3 Å². The van der Waals surface area contributed by atoms with Crippen LogP contribution < -0.4 is 16.2 Å². The van der Waals surface area contributed by atoms with E-state index in [1.807, 2.05) is 4.90 Å². The lowest BCUT2D eigenvalue weighted by molar-refractivity contribution is 0.0694. The lowest BCUT2D eigenvalue weighted by Crippen LogP contribution is -2.36. The van der Waals surface area contributed by atoms with E-state index in [0.717, 1.165) is 38.8 Å². The largest absolute Gasteiger partial charge is 0.477 e. The van der Waals surface area contributed by atoms with Crippen LogP contribution >= 0.6 is 0 Å². The second-order valence-corrected chi connectivity index (χ2v) is 7.30. The summed E-state index contributed by atoms with van der Waals surface area (Å²) in [7, 11) is 0. The monoisotopic (exact) mass is 359 g/mol. The van der Waals surface area contributed by atoms with Gasteiger partial charge in [-0.2, -0.15) is 0 Å². The first-order valence-electron chi connectivity index (χ1n) is 9.06. The fraction of sp³-hybridized carbons (Fsp3) is 0.474. The fourth-order valence-electron chi connectivity index (χ4n) is 3.85. The van der Waals surface area contributed by atoms with Crippen LogP contribution in [0.1, 0.15) is 42.1 Å². The number of benzene rings is 1. The Morgan fingerprint density at radius 3 is 2.46 bits per heavy atom. The molecule has 138 valence electrons. The number of hydrogen-bond acceptors (Lipinski definition) is 4. The van der Waals surface area contributed by atoms with Crippen molar-refractivity contribution in [1.29, 1.82) is 0 Å². The number of nitrogens with zero attached hydrogens (tertiary/aromatic N) is 2. The van der Waals surface area contributed by atoms with Crippen LogP contribution in [0.25, 0.3) is 10.9 Å². The van der Waals surface area contributed by atoms with Crippen molar-refractivity contribution in [3.05, 3.63) is 39.9 Å². The highest BCUT2D eigenvalue weighted by molar-refractivity contribution is 5.93. The second-order valence-electron chi connectivity index (χ2n) is 7.30. The van der Waals surface area contributed by atoms with Crippen molar-refractivity contribution in [3.8, 4) is 0 Å². The van der Waals surface area contributed by atoms with Crippen molar-refractivity contribution in [2.75, 3.05) is 24.5 Å². The van der Waals surface area contributed by atoms with Crippen LogP contribution in [-0.2, 0) is 0 Å². The lowest BCUT2D eigenvalue weighted by atomic mass is 9.96. The quantitative estimate of drug-likeness (QED) is 0.875. The summed E-state index contributed by atoms with van der Waals surface area (Å²) in [6.07, 6.45) is 3.52. The molecule has 1 saturated carbocycles. The van der Waals surface area contributed by atoms with Gasteiger partial charge in [-0.1, -0.05) is 0 Å². The number of rotatable bonds is 4. The van der Waals surface area contributed by atoms with Gasteiger partial charge in [-0.3, -0.25) is 4.79 Å². The Morgan fingerprint density at radius 2 is 1.88 bits per heavy atom. The van der Waals surface area contributed by atoms with Gasteiger partial charge in [0.15, 0.2) is 0 Å². The summed E-state index contributed by atoms with van der Waals surface area (Å²) >= 11 is 0. The Hall–Kier alpha value is -2.41. The molecule has 0 unspecified atom stereocenters. The van der Waals surface area contributed by atoms with E-state index in [1.165, 1.54) is 16.7 Å². The average molecular weight is 359 g/mol. The number of aromatic carboxylic acids is 1. The van der Waals surface area contributed by atoms with Crippen LogP contribution in [0.4, 0.5) is 10.1 Å². The number of anilines is 1. The lowest BCUT2D eigenvalue weighted by Gasteiger charge is -2.33. The number of pyridine rings is 1. The van der Waals surface area contributed by atoms with Crippen molar-refractivity contribution in [1.82, 2.24) is 4.57 Å². The number of halogens is 1. The molecule has 2 heterocycles. The summed E-state index contributed by atoms with van der Waals surface area (Å²) < 4.78 is 16.3. The third kappa shape index (κ3) is 2.86. The first kappa shape index (κ1) is 17.0. The van der Waals surface area contributed by atoms with Gasteiger partial charge in [-0.25, -0.2) is 9.18 Å². The number of fused-ring (bicyclic) bond motifs is 1. The summed E-state index contributed by atoms with van der Waals surface area (Å²) in [5.41, 5.74) is 6.00. The Labute approximate surface area is 150 Å². The molecule has 26 heavy (non-hydrogen) atoms. The fourth-order valence-corrected chi connectivity index (χ4v) is 3.85. The summed E-state index contributed by atoms with van der Waals surface area (Å²) in [5, 5.41) is 9.75. The highest BCUT2D eigenvalue weighted by Crippen LogP contribution is 2.37. The highest BCUT2D eigenvalue weighted by atomic mass is 19.1. The molecule has 1 aromatic heterocycles. The van der Waals surface area contributed by atoms with Crippen LogP contribution in [0.5, 0.6) is 0 Å². The molecule has 7 heteroatoms. The minimum absolute atomic E-state index is 0.00517. The van der Waals surface area contributed by atoms with E-state index in [1.54, 1.807) is 6.07 Å². The first-order valence-corrected chi connectivity index (χ1v) is 9.06.